The van der Waals surface area contributed by atoms with Gasteiger partial charge in [-0.1, -0.05) is 47.5 Å². The molecule has 2 aromatic rings. The summed E-state index contributed by atoms with van der Waals surface area (Å²) in [6.45, 7) is -0.597. The number of nitrogens with zero attached hydrogens (tertiary/aromatic N) is 1. The van der Waals surface area contributed by atoms with Crippen LogP contribution in [-0.2, 0) is 19.1 Å². The molecule has 0 aliphatic carbocycles. The van der Waals surface area contributed by atoms with Gasteiger partial charge in [-0.05, 0) is 24.3 Å². The van der Waals surface area contributed by atoms with E-state index in [0.717, 1.165) is 5.01 Å². The SMILES string of the molecule is O=C(COC(=O)[C@@H]1CC(=O)N(NC(=O)c2ccccc2Cl)C1)Nc1ccccc1Cl. The third-order valence-electron chi connectivity index (χ3n) is 4.31. The Hall–Kier alpha value is -3.10. The molecule has 0 bridgehead atoms. The van der Waals surface area contributed by atoms with E-state index in [1.807, 2.05) is 0 Å². The number of para-hydroxylation sites is 1. The number of esters is 1. The maximum absolute atomic E-state index is 12.3. The van der Waals surface area contributed by atoms with Gasteiger partial charge >= 0.3 is 5.97 Å². The van der Waals surface area contributed by atoms with E-state index < -0.39 is 36.2 Å². The number of halogens is 2. The zero-order valence-corrected chi connectivity index (χ0v) is 17.1. The molecule has 2 N–H and O–H groups in total. The van der Waals surface area contributed by atoms with Crippen molar-refractivity contribution in [3.05, 3.63) is 64.1 Å². The second kappa shape index (κ2) is 9.60. The molecule has 10 heteroatoms. The Morgan fingerprint density at radius 1 is 1.03 bits per heavy atom. The molecule has 0 spiro atoms. The molecule has 8 nitrogen and oxygen atoms in total. The molecule has 156 valence electrons. The van der Waals surface area contributed by atoms with Crippen molar-refractivity contribution in [3.8, 4) is 0 Å². The summed E-state index contributed by atoms with van der Waals surface area (Å²) in [4.78, 5) is 48.6. The van der Waals surface area contributed by atoms with Crippen LogP contribution in [0.15, 0.2) is 48.5 Å². The van der Waals surface area contributed by atoms with Crippen LogP contribution >= 0.6 is 23.2 Å². The molecule has 1 aliphatic heterocycles. The number of carbonyl (C=O) groups excluding carboxylic acids is 4. The highest BCUT2D eigenvalue weighted by Gasteiger charge is 2.37. The lowest BCUT2D eigenvalue weighted by atomic mass is 10.1. The Labute approximate surface area is 182 Å². The fourth-order valence-corrected chi connectivity index (χ4v) is 3.21. The van der Waals surface area contributed by atoms with Gasteiger partial charge in [0.2, 0.25) is 5.91 Å². The lowest BCUT2D eigenvalue weighted by Crippen LogP contribution is -2.43. The van der Waals surface area contributed by atoms with E-state index in [1.54, 1.807) is 42.5 Å². The van der Waals surface area contributed by atoms with E-state index in [-0.39, 0.29) is 23.6 Å². The summed E-state index contributed by atoms with van der Waals surface area (Å²) in [6, 6.07) is 13.0. The molecule has 1 fully saturated rings. The third-order valence-corrected chi connectivity index (χ3v) is 4.97. The maximum Gasteiger partial charge on any atom is 0.311 e. The number of hydrazine groups is 1. The third kappa shape index (κ3) is 5.28. The smallest absolute Gasteiger partial charge is 0.311 e. The van der Waals surface area contributed by atoms with Gasteiger partial charge < -0.3 is 10.1 Å². The van der Waals surface area contributed by atoms with E-state index in [2.05, 4.69) is 10.7 Å². The first kappa shape index (κ1) is 21.6. The normalized spacial score (nSPS) is 15.6. The van der Waals surface area contributed by atoms with E-state index in [4.69, 9.17) is 27.9 Å². The van der Waals surface area contributed by atoms with Gasteiger partial charge in [-0.15, -0.1) is 0 Å². The van der Waals surface area contributed by atoms with Gasteiger partial charge in [-0.2, -0.15) is 0 Å². The minimum atomic E-state index is -0.808. The van der Waals surface area contributed by atoms with Crippen LogP contribution in [0.1, 0.15) is 16.8 Å². The van der Waals surface area contributed by atoms with Crippen molar-refractivity contribution in [1.82, 2.24) is 10.4 Å². The first-order valence-electron chi connectivity index (χ1n) is 8.92. The number of nitrogens with one attached hydrogen (secondary N) is 2. The molecule has 1 heterocycles. The Morgan fingerprint density at radius 3 is 2.40 bits per heavy atom. The highest BCUT2D eigenvalue weighted by molar-refractivity contribution is 6.34. The van der Waals surface area contributed by atoms with E-state index in [1.165, 1.54) is 6.07 Å². The molecular formula is C20H17Cl2N3O5. The highest BCUT2D eigenvalue weighted by atomic mass is 35.5. The Morgan fingerprint density at radius 2 is 1.70 bits per heavy atom. The van der Waals surface area contributed by atoms with E-state index in [0.29, 0.717) is 10.7 Å². The summed E-state index contributed by atoms with van der Waals surface area (Å²) in [5, 5.41) is 4.16. The van der Waals surface area contributed by atoms with Crippen molar-refractivity contribution in [2.24, 2.45) is 5.92 Å². The quantitative estimate of drug-likeness (QED) is 0.659. The molecular weight excluding hydrogens is 433 g/mol. The van der Waals surface area contributed by atoms with Crippen LogP contribution in [0.4, 0.5) is 5.69 Å². The first-order chi connectivity index (χ1) is 14.3. The lowest BCUT2D eigenvalue weighted by molar-refractivity contribution is -0.151. The molecule has 1 aliphatic rings. The second-order valence-corrected chi connectivity index (χ2v) is 7.28. The fourth-order valence-electron chi connectivity index (χ4n) is 2.81. The van der Waals surface area contributed by atoms with Crippen molar-refractivity contribution < 1.29 is 23.9 Å². The summed E-state index contributed by atoms with van der Waals surface area (Å²) in [7, 11) is 0. The van der Waals surface area contributed by atoms with Crippen molar-refractivity contribution in [2.75, 3.05) is 18.5 Å². The van der Waals surface area contributed by atoms with Gasteiger partial charge in [0.1, 0.15) is 0 Å². The molecule has 0 unspecified atom stereocenters. The summed E-state index contributed by atoms with van der Waals surface area (Å²) >= 11 is 11.9. The maximum atomic E-state index is 12.3. The summed E-state index contributed by atoms with van der Waals surface area (Å²) < 4.78 is 5.00. The largest absolute Gasteiger partial charge is 0.455 e. The number of anilines is 1. The van der Waals surface area contributed by atoms with E-state index >= 15 is 0 Å². The second-order valence-electron chi connectivity index (χ2n) is 6.46. The predicted octanol–water partition coefficient (Wildman–Crippen LogP) is 2.67. The summed E-state index contributed by atoms with van der Waals surface area (Å²) in [5.41, 5.74) is 3.03. The van der Waals surface area contributed by atoms with Crippen LogP contribution in [0.2, 0.25) is 10.0 Å². The molecule has 3 rings (SSSR count). The number of rotatable bonds is 6. The Bertz CT molecular complexity index is 998. The van der Waals surface area contributed by atoms with Gasteiger partial charge in [0.25, 0.3) is 11.8 Å². The minimum absolute atomic E-state index is 0.0695. The average Bonchev–Trinajstić information content (AvgIpc) is 3.08. The van der Waals surface area contributed by atoms with Gasteiger partial charge in [0.05, 0.1) is 33.8 Å². The molecule has 1 atom stereocenters. The molecule has 3 amide bonds. The zero-order valence-electron chi connectivity index (χ0n) is 15.6. The molecule has 1 saturated heterocycles. The molecule has 2 aromatic carbocycles. The van der Waals surface area contributed by atoms with Crippen LogP contribution in [0.3, 0.4) is 0 Å². The summed E-state index contributed by atoms with van der Waals surface area (Å²) in [6.07, 6.45) is -0.145. The number of hydrogen-bond acceptors (Lipinski definition) is 5. The van der Waals surface area contributed by atoms with Crippen LogP contribution in [0.25, 0.3) is 0 Å². The first-order valence-corrected chi connectivity index (χ1v) is 9.67. The Balaban J connectivity index is 1.50. The average molecular weight is 450 g/mol. The van der Waals surface area contributed by atoms with Gasteiger partial charge in [-0.3, -0.25) is 29.6 Å². The van der Waals surface area contributed by atoms with Crippen molar-refractivity contribution in [3.63, 3.8) is 0 Å². The monoisotopic (exact) mass is 449 g/mol. The molecule has 0 saturated carbocycles. The van der Waals surface area contributed by atoms with Crippen LogP contribution in [0, 0.1) is 5.92 Å². The molecule has 0 radical (unpaired) electrons. The zero-order chi connectivity index (χ0) is 21.7. The lowest BCUT2D eigenvalue weighted by Gasteiger charge is -2.18. The Kier molecular flexibility index (Phi) is 6.91. The van der Waals surface area contributed by atoms with Gasteiger partial charge in [0.15, 0.2) is 6.61 Å². The summed E-state index contributed by atoms with van der Waals surface area (Å²) in [5.74, 6) is -3.10. The molecule has 0 aromatic heterocycles. The number of carbonyl (C=O) groups is 4. The van der Waals surface area contributed by atoms with Crippen molar-refractivity contribution in [1.29, 1.82) is 0 Å². The highest BCUT2D eigenvalue weighted by Crippen LogP contribution is 2.21. The topological polar surface area (TPSA) is 105 Å². The number of hydrogen-bond donors (Lipinski definition) is 2. The van der Waals surface area contributed by atoms with Crippen LogP contribution in [-0.4, -0.2) is 41.9 Å². The minimum Gasteiger partial charge on any atom is -0.455 e. The predicted molar refractivity (Wildman–Crippen MR) is 110 cm³/mol. The van der Waals surface area contributed by atoms with Gasteiger partial charge in [0, 0.05) is 6.42 Å². The van der Waals surface area contributed by atoms with E-state index in [9.17, 15) is 19.2 Å². The van der Waals surface area contributed by atoms with Crippen LogP contribution < -0.4 is 10.7 Å². The fraction of sp³-hybridized carbons (Fsp3) is 0.200. The number of ether oxygens (including phenoxy) is 1. The van der Waals surface area contributed by atoms with Crippen molar-refractivity contribution in [2.45, 2.75) is 6.42 Å². The van der Waals surface area contributed by atoms with Crippen molar-refractivity contribution >= 4 is 52.6 Å². The van der Waals surface area contributed by atoms with Gasteiger partial charge in [-0.25, -0.2) is 0 Å². The standard InChI is InChI=1S/C20H17Cl2N3O5/c21-14-6-2-1-5-13(14)19(28)24-25-10-12(9-18(25)27)20(29)30-11-17(26)23-16-8-4-3-7-15(16)22/h1-8,12H,9-11H2,(H,23,26)(H,24,28)/t12-/m1/s1. The van der Waals surface area contributed by atoms with Crippen LogP contribution in [0.5, 0.6) is 0 Å². The number of benzene rings is 2. The molecule has 30 heavy (non-hydrogen) atoms. The number of amides is 3.